The number of piperidine rings is 1. The molecule has 3 rings (SSSR count). The van der Waals surface area contributed by atoms with E-state index in [9.17, 15) is 9.59 Å². The molecule has 3 heterocycles. The third-order valence-corrected chi connectivity index (χ3v) is 3.94. The van der Waals surface area contributed by atoms with Crippen LogP contribution in [0.3, 0.4) is 0 Å². The van der Waals surface area contributed by atoms with Crippen LogP contribution in [0.15, 0.2) is 29.6 Å². The van der Waals surface area contributed by atoms with Crippen molar-refractivity contribution >= 4 is 17.6 Å². The summed E-state index contributed by atoms with van der Waals surface area (Å²) in [4.78, 5) is 37.1. The van der Waals surface area contributed by atoms with Crippen LogP contribution in [0.1, 0.15) is 23.3 Å². The zero-order valence-electron chi connectivity index (χ0n) is 13.2. The molecule has 1 saturated heterocycles. The van der Waals surface area contributed by atoms with Gasteiger partial charge in [0.25, 0.3) is 5.56 Å². The highest BCUT2D eigenvalue weighted by Gasteiger charge is 2.23. The van der Waals surface area contributed by atoms with Crippen molar-refractivity contribution in [2.24, 2.45) is 7.05 Å². The van der Waals surface area contributed by atoms with Crippen molar-refractivity contribution in [2.75, 3.05) is 23.3 Å². The maximum Gasteiger partial charge on any atom is 0.356 e. The summed E-state index contributed by atoms with van der Waals surface area (Å²) in [6, 6.07) is 0.0791. The summed E-state index contributed by atoms with van der Waals surface area (Å²) < 4.78 is 1.51. The molecule has 0 aromatic carbocycles. The van der Waals surface area contributed by atoms with Gasteiger partial charge in [-0.1, -0.05) is 0 Å². The molecule has 1 aliphatic heterocycles. The fraction of sp³-hybridized carbons (Fsp3) is 0.400. The van der Waals surface area contributed by atoms with Crippen molar-refractivity contribution in [3.8, 4) is 0 Å². The Labute approximate surface area is 138 Å². The van der Waals surface area contributed by atoms with Gasteiger partial charge in [0.15, 0.2) is 11.5 Å². The van der Waals surface area contributed by atoms with E-state index in [1.165, 1.54) is 17.0 Å². The van der Waals surface area contributed by atoms with Gasteiger partial charge in [0.05, 0.1) is 12.4 Å². The molecule has 0 amide bonds. The lowest BCUT2D eigenvalue weighted by Crippen LogP contribution is -2.45. The number of aromatic nitrogens is 4. The van der Waals surface area contributed by atoms with E-state index in [0.29, 0.717) is 18.2 Å². The number of anilines is 2. The number of hydrogen-bond donors (Lipinski definition) is 2. The van der Waals surface area contributed by atoms with Crippen molar-refractivity contribution in [3.05, 3.63) is 40.8 Å². The van der Waals surface area contributed by atoms with Crippen molar-refractivity contribution in [2.45, 2.75) is 18.9 Å². The van der Waals surface area contributed by atoms with E-state index in [4.69, 9.17) is 5.11 Å². The molecular formula is C15H18N6O3. The number of carboxylic acids is 1. The van der Waals surface area contributed by atoms with Crippen LogP contribution in [0.4, 0.5) is 11.6 Å². The molecule has 9 nitrogen and oxygen atoms in total. The molecule has 0 bridgehead atoms. The summed E-state index contributed by atoms with van der Waals surface area (Å²) in [5, 5.41) is 12.1. The zero-order valence-corrected chi connectivity index (χ0v) is 13.2. The van der Waals surface area contributed by atoms with Crippen molar-refractivity contribution < 1.29 is 9.90 Å². The molecule has 2 N–H and O–H groups in total. The van der Waals surface area contributed by atoms with Gasteiger partial charge in [-0.05, 0) is 12.8 Å². The Morgan fingerprint density at radius 1 is 1.33 bits per heavy atom. The largest absolute Gasteiger partial charge is 0.476 e. The van der Waals surface area contributed by atoms with Crippen LogP contribution in [0, 0.1) is 0 Å². The molecule has 1 fully saturated rings. The first-order chi connectivity index (χ1) is 11.5. The van der Waals surface area contributed by atoms with Crippen LogP contribution in [0.5, 0.6) is 0 Å². The third-order valence-electron chi connectivity index (χ3n) is 3.94. The average molecular weight is 330 g/mol. The second kappa shape index (κ2) is 6.65. The Balaban J connectivity index is 1.70. The first-order valence-electron chi connectivity index (χ1n) is 7.63. The molecule has 2 aromatic rings. The number of nitrogens with zero attached hydrogens (tertiary/aromatic N) is 5. The first kappa shape index (κ1) is 15.9. The predicted octanol–water partition coefficient (Wildman–Crippen LogP) is 0.349. The predicted molar refractivity (Wildman–Crippen MR) is 87.3 cm³/mol. The molecule has 0 spiro atoms. The molecule has 9 heteroatoms. The van der Waals surface area contributed by atoms with Crippen LogP contribution in [-0.2, 0) is 7.05 Å². The Bertz CT molecular complexity index is 789. The van der Waals surface area contributed by atoms with Gasteiger partial charge < -0.3 is 19.9 Å². The van der Waals surface area contributed by atoms with E-state index >= 15 is 0 Å². The topological polar surface area (TPSA) is 113 Å². The molecule has 2 aromatic heterocycles. The van der Waals surface area contributed by atoms with Crippen LogP contribution in [0.25, 0.3) is 0 Å². The van der Waals surface area contributed by atoms with Gasteiger partial charge in [-0.3, -0.25) is 4.79 Å². The molecule has 0 aliphatic carbocycles. The van der Waals surface area contributed by atoms with Gasteiger partial charge in [-0.2, -0.15) is 0 Å². The summed E-state index contributed by atoms with van der Waals surface area (Å²) in [6.07, 6.45) is 7.71. The fourth-order valence-electron chi connectivity index (χ4n) is 2.71. The van der Waals surface area contributed by atoms with E-state index in [1.807, 2.05) is 4.90 Å². The summed E-state index contributed by atoms with van der Waals surface area (Å²) in [7, 11) is 1.70. The van der Waals surface area contributed by atoms with Gasteiger partial charge in [-0.15, -0.1) is 0 Å². The van der Waals surface area contributed by atoms with E-state index in [1.54, 1.807) is 19.4 Å². The maximum atomic E-state index is 12.2. The molecular weight excluding hydrogens is 312 g/mol. The highest BCUT2D eigenvalue weighted by molar-refractivity contribution is 5.84. The number of carbonyl (C=O) groups is 1. The van der Waals surface area contributed by atoms with Gasteiger partial charge in [0, 0.05) is 38.6 Å². The Morgan fingerprint density at radius 2 is 2.17 bits per heavy atom. The summed E-state index contributed by atoms with van der Waals surface area (Å²) in [6.45, 7) is 1.39. The highest BCUT2D eigenvalue weighted by atomic mass is 16.4. The van der Waals surface area contributed by atoms with Crippen molar-refractivity contribution in [3.63, 3.8) is 0 Å². The Morgan fingerprint density at radius 3 is 2.88 bits per heavy atom. The van der Waals surface area contributed by atoms with E-state index in [0.717, 1.165) is 19.4 Å². The number of aryl methyl sites for hydroxylation is 1. The molecule has 1 unspecified atom stereocenters. The first-order valence-corrected chi connectivity index (χ1v) is 7.63. The monoisotopic (exact) mass is 330 g/mol. The zero-order chi connectivity index (χ0) is 17.1. The summed E-state index contributed by atoms with van der Waals surface area (Å²) in [5.74, 6) is -0.150. The van der Waals surface area contributed by atoms with Crippen LogP contribution >= 0.6 is 0 Å². The van der Waals surface area contributed by atoms with Crippen LogP contribution < -0.4 is 15.8 Å². The standard InChI is InChI=1S/C15H18N6O3/c1-20-6-4-16-13(14(20)22)21-5-2-3-10(9-21)19-12-8-17-11(7-18-12)15(23)24/h4,6-8,10H,2-3,5,9H2,1H3,(H,18,19)(H,23,24). The second-order valence-electron chi connectivity index (χ2n) is 5.69. The van der Waals surface area contributed by atoms with Gasteiger partial charge in [0.1, 0.15) is 5.82 Å². The summed E-state index contributed by atoms with van der Waals surface area (Å²) in [5.41, 5.74) is -0.216. The molecule has 1 aliphatic rings. The van der Waals surface area contributed by atoms with Crippen LogP contribution in [-0.4, -0.2) is 49.7 Å². The van der Waals surface area contributed by atoms with Gasteiger partial charge in [0.2, 0.25) is 0 Å². The Kier molecular flexibility index (Phi) is 4.41. The molecule has 0 saturated carbocycles. The highest BCUT2D eigenvalue weighted by Crippen LogP contribution is 2.17. The van der Waals surface area contributed by atoms with Gasteiger partial charge in [-0.25, -0.2) is 19.7 Å². The van der Waals surface area contributed by atoms with Crippen molar-refractivity contribution in [1.29, 1.82) is 0 Å². The number of carboxylic acid groups (broad SMARTS) is 1. The van der Waals surface area contributed by atoms with E-state index < -0.39 is 5.97 Å². The average Bonchev–Trinajstić information content (AvgIpc) is 2.58. The number of rotatable bonds is 4. The van der Waals surface area contributed by atoms with Gasteiger partial charge >= 0.3 is 5.97 Å². The minimum Gasteiger partial charge on any atom is -0.476 e. The number of aromatic carboxylic acids is 1. The van der Waals surface area contributed by atoms with E-state index in [2.05, 4.69) is 20.3 Å². The smallest absolute Gasteiger partial charge is 0.356 e. The lowest BCUT2D eigenvalue weighted by atomic mass is 10.1. The van der Waals surface area contributed by atoms with Crippen molar-refractivity contribution in [1.82, 2.24) is 19.5 Å². The Hall–Kier alpha value is -2.97. The van der Waals surface area contributed by atoms with E-state index in [-0.39, 0.29) is 17.3 Å². The fourth-order valence-corrected chi connectivity index (χ4v) is 2.71. The van der Waals surface area contributed by atoms with Crippen LogP contribution in [0.2, 0.25) is 0 Å². The molecule has 0 radical (unpaired) electrons. The SMILES string of the molecule is Cn1ccnc(N2CCCC(Nc3cnc(C(=O)O)cn3)C2)c1=O. The molecule has 1 atom stereocenters. The quantitative estimate of drug-likeness (QED) is 0.825. The lowest BCUT2D eigenvalue weighted by Gasteiger charge is -2.33. The molecule has 126 valence electrons. The minimum absolute atomic E-state index is 0.0791. The normalized spacial score (nSPS) is 17.5. The third kappa shape index (κ3) is 3.34. The maximum absolute atomic E-state index is 12.2. The summed E-state index contributed by atoms with van der Waals surface area (Å²) >= 11 is 0. The lowest BCUT2D eigenvalue weighted by molar-refractivity contribution is 0.0690. The number of nitrogens with one attached hydrogen (secondary N) is 1. The minimum atomic E-state index is -1.11. The molecule has 24 heavy (non-hydrogen) atoms. The number of hydrogen-bond acceptors (Lipinski definition) is 7. The second-order valence-corrected chi connectivity index (χ2v) is 5.69.